The van der Waals surface area contributed by atoms with Gasteiger partial charge in [-0.3, -0.25) is 10.3 Å². The summed E-state index contributed by atoms with van der Waals surface area (Å²) in [5.74, 6) is 0. The Morgan fingerprint density at radius 1 is 1.00 bits per heavy atom. The van der Waals surface area contributed by atoms with Crippen LogP contribution in [0.5, 0.6) is 0 Å². The molecule has 0 aliphatic carbocycles. The molecule has 0 fully saturated rings. The third-order valence-corrected chi connectivity index (χ3v) is 3.13. The summed E-state index contributed by atoms with van der Waals surface area (Å²) in [6, 6.07) is 16.2. The molecule has 0 spiro atoms. The molecule has 0 amide bonds. The van der Waals surface area contributed by atoms with E-state index in [0.29, 0.717) is 6.54 Å². The molecular weight excluding hydrogens is 252 g/mol. The Kier molecular flexibility index (Phi) is 5.68. The van der Waals surface area contributed by atoms with Gasteiger partial charge in [-0.05, 0) is 17.7 Å². The highest BCUT2D eigenvalue weighted by Crippen LogP contribution is 2.19. The van der Waals surface area contributed by atoms with E-state index >= 15 is 0 Å². The number of pyridine rings is 1. The molecule has 4 heteroatoms. The van der Waals surface area contributed by atoms with Gasteiger partial charge in [0.05, 0.1) is 11.7 Å². The molecule has 2 rings (SSSR count). The summed E-state index contributed by atoms with van der Waals surface area (Å²) in [4.78, 5) is 4.44. The van der Waals surface area contributed by atoms with Crippen LogP contribution in [0.15, 0.2) is 54.7 Å². The van der Waals surface area contributed by atoms with Crippen LogP contribution in [-0.2, 0) is 9.47 Å². The van der Waals surface area contributed by atoms with Crippen LogP contribution in [0, 0.1) is 0 Å². The summed E-state index contributed by atoms with van der Waals surface area (Å²) >= 11 is 0. The smallest absolute Gasteiger partial charge is 0.169 e. The van der Waals surface area contributed by atoms with Crippen molar-refractivity contribution >= 4 is 0 Å². The predicted molar refractivity (Wildman–Crippen MR) is 78.3 cm³/mol. The average Bonchev–Trinajstić information content (AvgIpc) is 2.53. The maximum absolute atomic E-state index is 5.22. The van der Waals surface area contributed by atoms with Crippen molar-refractivity contribution in [3.8, 4) is 0 Å². The second-order valence-electron chi connectivity index (χ2n) is 4.41. The molecular formula is C16H20N2O2. The Hall–Kier alpha value is -1.75. The van der Waals surface area contributed by atoms with Gasteiger partial charge in [-0.2, -0.15) is 0 Å². The lowest BCUT2D eigenvalue weighted by atomic mass is 10.0. The standard InChI is InChI=1S/C16H20N2O2/c1-19-15(20-2)12-18-16(13-8-4-3-5-9-13)14-10-6-7-11-17-14/h3-11,15-16,18H,12H2,1-2H3. The van der Waals surface area contributed by atoms with E-state index in [9.17, 15) is 0 Å². The second kappa shape index (κ2) is 7.75. The number of nitrogens with one attached hydrogen (secondary N) is 1. The summed E-state index contributed by atoms with van der Waals surface area (Å²) in [6.07, 6.45) is 1.53. The molecule has 1 aromatic carbocycles. The average molecular weight is 272 g/mol. The van der Waals surface area contributed by atoms with Crippen molar-refractivity contribution in [3.63, 3.8) is 0 Å². The van der Waals surface area contributed by atoms with Gasteiger partial charge in [0.15, 0.2) is 6.29 Å². The van der Waals surface area contributed by atoms with Crippen molar-refractivity contribution in [1.82, 2.24) is 10.3 Å². The van der Waals surface area contributed by atoms with Gasteiger partial charge in [-0.15, -0.1) is 0 Å². The fourth-order valence-electron chi connectivity index (χ4n) is 2.06. The summed E-state index contributed by atoms with van der Waals surface area (Å²) in [6.45, 7) is 0.586. The van der Waals surface area contributed by atoms with E-state index in [1.54, 1.807) is 20.4 Å². The molecule has 106 valence electrons. The minimum Gasteiger partial charge on any atom is -0.355 e. The normalized spacial score (nSPS) is 12.6. The van der Waals surface area contributed by atoms with E-state index in [2.05, 4.69) is 22.4 Å². The van der Waals surface area contributed by atoms with Crippen LogP contribution in [0.2, 0.25) is 0 Å². The molecule has 1 N–H and O–H groups in total. The lowest BCUT2D eigenvalue weighted by molar-refractivity contribution is -0.0995. The molecule has 1 atom stereocenters. The molecule has 1 heterocycles. The molecule has 2 aromatic rings. The fraction of sp³-hybridized carbons (Fsp3) is 0.312. The van der Waals surface area contributed by atoms with Crippen molar-refractivity contribution in [3.05, 3.63) is 66.0 Å². The summed E-state index contributed by atoms with van der Waals surface area (Å²) in [5.41, 5.74) is 2.14. The Morgan fingerprint density at radius 2 is 1.70 bits per heavy atom. The van der Waals surface area contributed by atoms with Crippen molar-refractivity contribution in [1.29, 1.82) is 0 Å². The van der Waals surface area contributed by atoms with Gasteiger partial charge in [-0.1, -0.05) is 36.4 Å². The van der Waals surface area contributed by atoms with Crippen LogP contribution in [-0.4, -0.2) is 32.0 Å². The van der Waals surface area contributed by atoms with Crippen LogP contribution in [0.1, 0.15) is 17.3 Å². The van der Waals surface area contributed by atoms with Gasteiger partial charge in [0.2, 0.25) is 0 Å². The summed E-state index contributed by atoms with van der Waals surface area (Å²) in [5, 5.41) is 3.44. The van der Waals surface area contributed by atoms with Crippen molar-refractivity contribution in [2.45, 2.75) is 12.3 Å². The first-order chi connectivity index (χ1) is 9.85. The molecule has 20 heavy (non-hydrogen) atoms. The lowest BCUT2D eigenvalue weighted by Gasteiger charge is -2.21. The van der Waals surface area contributed by atoms with Gasteiger partial charge in [0.25, 0.3) is 0 Å². The van der Waals surface area contributed by atoms with Gasteiger partial charge >= 0.3 is 0 Å². The molecule has 0 aliphatic heterocycles. The number of methoxy groups -OCH3 is 2. The highest BCUT2D eigenvalue weighted by Gasteiger charge is 2.16. The first-order valence-corrected chi connectivity index (χ1v) is 6.60. The van der Waals surface area contributed by atoms with Crippen LogP contribution < -0.4 is 5.32 Å². The molecule has 0 saturated carbocycles. The highest BCUT2D eigenvalue weighted by molar-refractivity contribution is 5.27. The molecule has 1 unspecified atom stereocenters. The zero-order valence-electron chi connectivity index (χ0n) is 11.8. The van der Waals surface area contributed by atoms with Crippen LogP contribution >= 0.6 is 0 Å². The van der Waals surface area contributed by atoms with Crippen LogP contribution in [0.3, 0.4) is 0 Å². The van der Waals surface area contributed by atoms with E-state index in [-0.39, 0.29) is 12.3 Å². The number of ether oxygens (including phenoxy) is 2. The van der Waals surface area contributed by atoms with Gasteiger partial charge in [0.1, 0.15) is 0 Å². The zero-order valence-corrected chi connectivity index (χ0v) is 11.8. The lowest BCUT2D eigenvalue weighted by Crippen LogP contribution is -2.33. The van der Waals surface area contributed by atoms with Crippen molar-refractivity contribution < 1.29 is 9.47 Å². The molecule has 1 aromatic heterocycles. The summed E-state index contributed by atoms with van der Waals surface area (Å²) in [7, 11) is 3.27. The number of hydrogen-bond donors (Lipinski definition) is 1. The van der Waals surface area contributed by atoms with Crippen LogP contribution in [0.4, 0.5) is 0 Å². The minimum atomic E-state index is -0.273. The van der Waals surface area contributed by atoms with Gasteiger partial charge in [0, 0.05) is 27.0 Å². The topological polar surface area (TPSA) is 43.4 Å². The van der Waals surface area contributed by atoms with E-state index in [4.69, 9.17) is 9.47 Å². The van der Waals surface area contributed by atoms with Gasteiger partial charge in [-0.25, -0.2) is 0 Å². The maximum atomic E-state index is 5.22. The van der Waals surface area contributed by atoms with Gasteiger partial charge < -0.3 is 9.47 Å². The number of aromatic nitrogens is 1. The maximum Gasteiger partial charge on any atom is 0.169 e. The molecule has 0 radical (unpaired) electrons. The monoisotopic (exact) mass is 272 g/mol. The van der Waals surface area contributed by atoms with Crippen molar-refractivity contribution in [2.24, 2.45) is 0 Å². The predicted octanol–water partition coefficient (Wildman–Crippen LogP) is 2.38. The second-order valence-corrected chi connectivity index (χ2v) is 4.41. The highest BCUT2D eigenvalue weighted by atomic mass is 16.7. The SMILES string of the molecule is COC(CNC(c1ccccc1)c1ccccn1)OC. The molecule has 4 nitrogen and oxygen atoms in total. The molecule has 0 aliphatic rings. The van der Waals surface area contributed by atoms with E-state index in [1.165, 1.54) is 0 Å². The first-order valence-electron chi connectivity index (χ1n) is 6.60. The Bertz CT molecular complexity index is 447. The first kappa shape index (κ1) is 14.7. The molecule has 0 bridgehead atoms. The van der Waals surface area contributed by atoms with E-state index in [1.807, 2.05) is 36.4 Å². The quantitative estimate of drug-likeness (QED) is 0.786. The van der Waals surface area contributed by atoms with E-state index in [0.717, 1.165) is 11.3 Å². The zero-order chi connectivity index (χ0) is 14.2. The third-order valence-electron chi connectivity index (χ3n) is 3.13. The fourth-order valence-corrected chi connectivity index (χ4v) is 2.06. The summed E-state index contributed by atoms with van der Waals surface area (Å²) < 4.78 is 10.4. The molecule has 0 saturated heterocycles. The largest absolute Gasteiger partial charge is 0.355 e. The number of rotatable bonds is 7. The minimum absolute atomic E-state index is 0.0187. The third kappa shape index (κ3) is 3.87. The van der Waals surface area contributed by atoms with Crippen LogP contribution in [0.25, 0.3) is 0 Å². The van der Waals surface area contributed by atoms with E-state index < -0.39 is 0 Å². The van der Waals surface area contributed by atoms with Crippen molar-refractivity contribution in [2.75, 3.05) is 20.8 Å². The Labute approximate surface area is 119 Å². The number of benzene rings is 1. The Morgan fingerprint density at radius 3 is 2.30 bits per heavy atom. The number of nitrogens with zero attached hydrogens (tertiary/aromatic N) is 1. The Balaban J connectivity index is 2.17. The number of hydrogen-bond acceptors (Lipinski definition) is 4.